The number of benzene rings is 6. The fourth-order valence-corrected chi connectivity index (χ4v) is 8.49. The van der Waals surface area contributed by atoms with Gasteiger partial charge >= 0.3 is 0 Å². The number of rotatable bonds is 26. The Bertz CT molecular complexity index is 2330. The third-order valence-corrected chi connectivity index (χ3v) is 12.9. The molecule has 0 unspecified atom stereocenters. The number of hydrogen-bond donors (Lipinski definition) is 0. The molecule has 3 nitrogen and oxygen atoms in total. The average Bonchev–Trinajstić information content (AvgIpc) is 3.40. The molecule has 0 bridgehead atoms. The van der Waals surface area contributed by atoms with Crippen LogP contribution in [-0.2, 0) is 19.3 Å². The largest absolute Gasteiger partial charge is 0.192 e. The zero-order valence-corrected chi connectivity index (χ0v) is 42.0. The number of hydrogen-bond acceptors (Lipinski definition) is 3. The van der Waals surface area contributed by atoms with Crippen LogP contribution in [0.1, 0.15) is 183 Å². The summed E-state index contributed by atoms with van der Waals surface area (Å²) in [5.41, 5.74) is 13.6. The molecule has 354 valence electrons. The Kier molecular flexibility index (Phi) is 27.3. The summed E-state index contributed by atoms with van der Waals surface area (Å²) in [6, 6.07) is 56.3. The number of aryl methyl sites for hydroxylation is 3. The van der Waals surface area contributed by atoms with E-state index in [-0.39, 0.29) is 0 Å². The fourth-order valence-electron chi connectivity index (χ4n) is 8.49. The summed E-state index contributed by atoms with van der Waals surface area (Å²) in [5, 5.41) is 26.5. The van der Waals surface area contributed by atoms with Crippen LogP contribution in [0.2, 0.25) is 0 Å². The van der Waals surface area contributed by atoms with Gasteiger partial charge in [-0.25, -0.2) is 0 Å². The first-order valence-corrected chi connectivity index (χ1v) is 26.3. The van der Waals surface area contributed by atoms with Gasteiger partial charge in [-0.1, -0.05) is 239 Å². The highest BCUT2D eigenvalue weighted by molar-refractivity contribution is 5.66. The second kappa shape index (κ2) is 34.1. The summed E-state index contributed by atoms with van der Waals surface area (Å²) in [4.78, 5) is 0. The van der Waals surface area contributed by atoms with Gasteiger partial charge in [-0.15, -0.1) is 0 Å². The molecule has 0 N–H and O–H groups in total. The van der Waals surface area contributed by atoms with Crippen molar-refractivity contribution in [1.29, 1.82) is 15.8 Å². The van der Waals surface area contributed by atoms with E-state index in [0.717, 1.165) is 0 Å². The maximum absolute atomic E-state index is 8.88. The summed E-state index contributed by atoms with van der Waals surface area (Å²) in [5.74, 6) is 0. The lowest BCUT2D eigenvalue weighted by Crippen LogP contribution is -1.87. The van der Waals surface area contributed by atoms with Crippen molar-refractivity contribution in [1.82, 2.24) is 0 Å². The van der Waals surface area contributed by atoms with Crippen LogP contribution in [0.3, 0.4) is 0 Å². The van der Waals surface area contributed by atoms with Crippen molar-refractivity contribution in [2.45, 2.75) is 168 Å². The molecule has 6 aromatic carbocycles. The zero-order chi connectivity index (χ0) is 48.3. The van der Waals surface area contributed by atoms with Gasteiger partial charge in [-0.05, 0) is 125 Å². The Balaban J connectivity index is 0.000000225. The lowest BCUT2D eigenvalue weighted by atomic mass is 10.00. The van der Waals surface area contributed by atoms with Crippen molar-refractivity contribution in [2.24, 2.45) is 0 Å². The molecule has 0 fully saturated rings. The molecule has 0 aromatic heterocycles. The van der Waals surface area contributed by atoms with Gasteiger partial charge < -0.3 is 0 Å². The molecule has 0 saturated carbocycles. The molecule has 6 aromatic rings. The molecule has 68 heavy (non-hydrogen) atoms. The molecular weight excluding hydrogens is 823 g/mol. The smallest absolute Gasteiger partial charge is 0.0991 e. The molecule has 3 heteroatoms. The van der Waals surface area contributed by atoms with Crippen LogP contribution in [0.4, 0.5) is 0 Å². The molecule has 0 amide bonds. The van der Waals surface area contributed by atoms with E-state index in [9.17, 15) is 0 Å². The Labute approximate surface area is 412 Å². The third kappa shape index (κ3) is 21.6. The molecule has 0 aliphatic heterocycles. The van der Waals surface area contributed by atoms with E-state index in [2.05, 4.69) is 112 Å². The molecule has 0 saturated heterocycles. The van der Waals surface area contributed by atoms with Crippen molar-refractivity contribution in [3.05, 3.63) is 179 Å². The third-order valence-electron chi connectivity index (χ3n) is 12.9. The number of nitriles is 3. The molecule has 0 heterocycles. The van der Waals surface area contributed by atoms with Gasteiger partial charge in [-0.3, -0.25) is 0 Å². The Morgan fingerprint density at radius 3 is 0.632 bits per heavy atom. The van der Waals surface area contributed by atoms with Gasteiger partial charge in [0.25, 0.3) is 0 Å². The maximum atomic E-state index is 8.88. The first kappa shape index (κ1) is 54.4. The molecule has 0 atom stereocenters. The summed E-state index contributed by atoms with van der Waals surface area (Å²) in [6.45, 7) is 6.77. The predicted octanol–water partition coefficient (Wildman–Crippen LogP) is 19.2. The highest BCUT2D eigenvalue weighted by Gasteiger charge is 2.03. The monoisotopic (exact) mass is 902 g/mol. The minimum absolute atomic E-state index is 0.708. The fraction of sp³-hybridized carbons (Fsp3) is 0.400. The quantitative estimate of drug-likeness (QED) is 0.0509. The van der Waals surface area contributed by atoms with Crippen LogP contribution in [-0.4, -0.2) is 0 Å². The molecular formula is C65H79N3. The van der Waals surface area contributed by atoms with Crippen molar-refractivity contribution in [2.75, 3.05) is 0 Å². The van der Waals surface area contributed by atoms with Crippen LogP contribution in [0.5, 0.6) is 0 Å². The van der Waals surface area contributed by atoms with Gasteiger partial charge in [0, 0.05) is 0 Å². The Morgan fingerprint density at radius 1 is 0.235 bits per heavy atom. The van der Waals surface area contributed by atoms with Crippen LogP contribution < -0.4 is 0 Å². The van der Waals surface area contributed by atoms with Crippen molar-refractivity contribution in [3.8, 4) is 51.6 Å². The van der Waals surface area contributed by atoms with Crippen LogP contribution in [0, 0.1) is 34.0 Å². The number of unbranched alkanes of at least 4 members (excludes halogenated alkanes) is 17. The summed E-state index contributed by atoms with van der Waals surface area (Å²) >= 11 is 0. The Morgan fingerprint density at radius 2 is 0.412 bits per heavy atom. The molecule has 0 aliphatic rings. The normalized spacial score (nSPS) is 10.4. The summed E-state index contributed by atoms with van der Waals surface area (Å²) in [7, 11) is 0. The van der Waals surface area contributed by atoms with E-state index in [0.29, 0.717) is 16.7 Å². The van der Waals surface area contributed by atoms with Gasteiger partial charge in [0.05, 0.1) is 34.9 Å². The van der Waals surface area contributed by atoms with Gasteiger partial charge in [0.1, 0.15) is 0 Å². The minimum Gasteiger partial charge on any atom is -0.192 e. The van der Waals surface area contributed by atoms with Gasteiger partial charge in [-0.2, -0.15) is 15.8 Å². The molecule has 0 aliphatic carbocycles. The SMILES string of the molecule is CCCCCCCCCCCCc1ccc(-c2ccc(C#N)cc2)cc1.CCCCCCCCCc1ccc(-c2ccc(C#N)cc2)cc1.CCCCCc1ccc(-c2ccc(C#N)cc2)cc1. The van der Waals surface area contributed by atoms with Crippen molar-refractivity contribution in [3.63, 3.8) is 0 Å². The van der Waals surface area contributed by atoms with Crippen LogP contribution >= 0.6 is 0 Å². The predicted molar refractivity (Wildman–Crippen MR) is 290 cm³/mol. The highest BCUT2D eigenvalue weighted by atomic mass is 14.2. The van der Waals surface area contributed by atoms with Gasteiger partial charge in [0.2, 0.25) is 0 Å². The summed E-state index contributed by atoms with van der Waals surface area (Å²) in [6.07, 6.45) is 30.8. The first-order valence-electron chi connectivity index (χ1n) is 26.3. The Hall–Kier alpha value is -6.21. The average molecular weight is 902 g/mol. The van der Waals surface area contributed by atoms with E-state index in [1.807, 2.05) is 72.8 Å². The zero-order valence-electron chi connectivity index (χ0n) is 42.0. The lowest BCUT2D eigenvalue weighted by Gasteiger charge is -2.05. The van der Waals surface area contributed by atoms with Crippen LogP contribution in [0.25, 0.3) is 33.4 Å². The van der Waals surface area contributed by atoms with Crippen LogP contribution in [0.15, 0.2) is 146 Å². The minimum atomic E-state index is 0.708. The van der Waals surface area contributed by atoms with E-state index in [4.69, 9.17) is 15.8 Å². The maximum Gasteiger partial charge on any atom is 0.0991 e. The number of nitrogens with zero attached hydrogens (tertiary/aromatic N) is 3. The standard InChI is InChI=1S/C25H33N.C22H27N.C18H19N/c1-2-3-4-5-6-7-8-9-10-11-12-22-13-17-24(18-14-22)25-19-15-23(21-26)16-20-25;1-2-3-4-5-6-7-8-9-19-10-14-21(15-11-19)22-16-12-20(18-23)13-17-22;1-2-3-4-5-15-6-10-17(11-7-15)18-12-8-16(14-19)9-13-18/h13-20H,2-12H2,1H3;10-17H,2-9H2,1H3;6-13H,2-5H2,1H3. The van der Waals surface area contributed by atoms with E-state index in [1.165, 1.54) is 198 Å². The van der Waals surface area contributed by atoms with E-state index < -0.39 is 0 Å². The summed E-state index contributed by atoms with van der Waals surface area (Å²) < 4.78 is 0. The molecule has 6 rings (SSSR count). The second-order valence-electron chi connectivity index (χ2n) is 18.4. The molecule has 0 radical (unpaired) electrons. The van der Waals surface area contributed by atoms with Crippen molar-refractivity contribution >= 4 is 0 Å². The van der Waals surface area contributed by atoms with Crippen molar-refractivity contribution < 1.29 is 0 Å². The molecule has 0 spiro atoms. The van der Waals surface area contributed by atoms with E-state index in [1.54, 1.807) is 0 Å². The topological polar surface area (TPSA) is 71.4 Å². The van der Waals surface area contributed by atoms with E-state index >= 15 is 0 Å². The highest BCUT2D eigenvalue weighted by Crippen LogP contribution is 2.24. The second-order valence-corrected chi connectivity index (χ2v) is 18.4. The van der Waals surface area contributed by atoms with Gasteiger partial charge in [0.15, 0.2) is 0 Å². The lowest BCUT2D eigenvalue weighted by molar-refractivity contribution is 0.556. The first-order chi connectivity index (χ1) is 33.5.